The Morgan fingerprint density at radius 2 is 2.40 bits per heavy atom. The Morgan fingerprint density at radius 1 is 1.60 bits per heavy atom. The lowest BCUT2D eigenvalue weighted by Gasteiger charge is -1.97. The minimum absolute atomic E-state index is 0.845. The number of methoxy groups -OCH3 is 1. The fourth-order valence-corrected chi connectivity index (χ4v) is 0.751. The quantitative estimate of drug-likeness (QED) is 0.541. The summed E-state index contributed by atoms with van der Waals surface area (Å²) in [4.78, 5) is 4.12. The van der Waals surface area contributed by atoms with Crippen molar-refractivity contribution in [1.82, 2.24) is 0 Å². The number of hydrogen-bond acceptors (Lipinski definition) is 2. The van der Waals surface area contributed by atoms with Crippen LogP contribution in [0.15, 0.2) is 29.1 Å². The van der Waals surface area contributed by atoms with E-state index in [0.29, 0.717) is 0 Å². The molecule has 0 aliphatic carbocycles. The van der Waals surface area contributed by atoms with Crippen molar-refractivity contribution in [2.24, 2.45) is 4.99 Å². The maximum Gasteiger partial charge on any atom is 0.117 e. The van der Waals surface area contributed by atoms with Crippen molar-refractivity contribution in [3.05, 3.63) is 24.1 Å². The minimum atomic E-state index is 0.845. The second kappa shape index (κ2) is 3.20. The Labute approximate surface area is 60.9 Å². The third kappa shape index (κ3) is 1.72. The lowest BCUT2D eigenvalue weighted by molar-refractivity contribution is 0.284. The summed E-state index contributed by atoms with van der Waals surface area (Å²) in [7, 11) is 1.66. The molecule has 1 heterocycles. The van der Waals surface area contributed by atoms with Crippen molar-refractivity contribution in [2.45, 2.75) is 13.3 Å². The summed E-state index contributed by atoms with van der Waals surface area (Å²) in [6.07, 6.45) is 6.64. The van der Waals surface area contributed by atoms with Gasteiger partial charge in [0.25, 0.3) is 0 Å². The van der Waals surface area contributed by atoms with Gasteiger partial charge in [-0.05, 0) is 13.0 Å². The molecule has 1 aliphatic heterocycles. The summed E-state index contributed by atoms with van der Waals surface area (Å²) in [6.45, 7) is 1.96. The van der Waals surface area contributed by atoms with Gasteiger partial charge < -0.3 is 4.74 Å². The molecule has 0 fully saturated rings. The van der Waals surface area contributed by atoms with E-state index < -0.39 is 0 Å². The van der Waals surface area contributed by atoms with Gasteiger partial charge in [-0.15, -0.1) is 0 Å². The van der Waals surface area contributed by atoms with Crippen LogP contribution >= 0.6 is 0 Å². The zero-order valence-electron chi connectivity index (χ0n) is 6.29. The van der Waals surface area contributed by atoms with Gasteiger partial charge in [0.1, 0.15) is 5.76 Å². The third-order valence-electron chi connectivity index (χ3n) is 1.35. The van der Waals surface area contributed by atoms with Gasteiger partial charge in [-0.25, -0.2) is 0 Å². The largest absolute Gasteiger partial charge is 0.499 e. The topological polar surface area (TPSA) is 21.6 Å². The zero-order chi connectivity index (χ0) is 7.40. The fraction of sp³-hybridized carbons (Fsp3) is 0.375. The first-order valence-electron chi connectivity index (χ1n) is 3.27. The van der Waals surface area contributed by atoms with Gasteiger partial charge in [-0.1, -0.05) is 6.08 Å². The van der Waals surface area contributed by atoms with Crippen LogP contribution in [-0.2, 0) is 4.74 Å². The van der Waals surface area contributed by atoms with Gasteiger partial charge in [0.2, 0.25) is 0 Å². The van der Waals surface area contributed by atoms with Crippen molar-refractivity contribution < 1.29 is 4.74 Å². The lowest BCUT2D eigenvalue weighted by atomic mass is 10.3. The molecule has 0 radical (unpaired) electrons. The van der Waals surface area contributed by atoms with Crippen LogP contribution in [0.4, 0.5) is 0 Å². The molecule has 54 valence electrons. The molecule has 10 heavy (non-hydrogen) atoms. The first-order valence-corrected chi connectivity index (χ1v) is 3.27. The molecular weight excluding hydrogens is 126 g/mol. The van der Waals surface area contributed by atoms with Gasteiger partial charge in [-0.2, -0.15) is 0 Å². The van der Waals surface area contributed by atoms with Crippen LogP contribution < -0.4 is 0 Å². The Morgan fingerprint density at radius 3 is 3.10 bits per heavy atom. The molecule has 0 aromatic heterocycles. The summed E-state index contributed by atoms with van der Waals surface area (Å²) >= 11 is 0. The molecule has 0 spiro atoms. The predicted octanol–water partition coefficient (Wildman–Crippen LogP) is 1.90. The third-order valence-corrected chi connectivity index (χ3v) is 1.35. The van der Waals surface area contributed by atoms with Crippen molar-refractivity contribution >= 4 is 5.71 Å². The fourth-order valence-electron chi connectivity index (χ4n) is 0.751. The van der Waals surface area contributed by atoms with E-state index in [1.165, 1.54) is 0 Å². The highest BCUT2D eigenvalue weighted by molar-refractivity contribution is 5.93. The van der Waals surface area contributed by atoms with Crippen LogP contribution in [0.2, 0.25) is 0 Å². The molecular formula is C8H11NO. The zero-order valence-corrected chi connectivity index (χ0v) is 6.29. The number of aliphatic imine (C=N–C) groups is 1. The summed E-state index contributed by atoms with van der Waals surface area (Å²) in [6, 6.07) is 0. The molecule has 0 aromatic carbocycles. The van der Waals surface area contributed by atoms with E-state index >= 15 is 0 Å². The van der Waals surface area contributed by atoms with Gasteiger partial charge in [0, 0.05) is 12.1 Å². The molecule has 0 amide bonds. The molecule has 0 aromatic rings. The van der Waals surface area contributed by atoms with E-state index in [1.54, 1.807) is 13.3 Å². The molecule has 2 heteroatoms. The van der Waals surface area contributed by atoms with Gasteiger partial charge in [0.05, 0.1) is 13.3 Å². The second-order valence-electron chi connectivity index (χ2n) is 2.18. The first-order chi connectivity index (χ1) is 4.83. The highest BCUT2D eigenvalue weighted by Crippen LogP contribution is 2.06. The molecule has 0 N–H and O–H groups in total. The smallest absolute Gasteiger partial charge is 0.117 e. The maximum atomic E-state index is 5.02. The highest BCUT2D eigenvalue weighted by atomic mass is 16.5. The van der Waals surface area contributed by atoms with E-state index in [-0.39, 0.29) is 0 Å². The monoisotopic (exact) mass is 137 g/mol. The first kappa shape index (κ1) is 7.06. The summed E-state index contributed by atoms with van der Waals surface area (Å²) in [5.74, 6) is 0.910. The highest BCUT2D eigenvalue weighted by Gasteiger charge is 1.94. The normalized spacial score (nSPS) is 17.4. The van der Waals surface area contributed by atoms with E-state index in [4.69, 9.17) is 4.74 Å². The molecule has 0 bridgehead atoms. The van der Waals surface area contributed by atoms with Crippen LogP contribution in [0.1, 0.15) is 13.3 Å². The van der Waals surface area contributed by atoms with Crippen LogP contribution in [-0.4, -0.2) is 12.8 Å². The Balaban J connectivity index is 2.74. The Kier molecular flexibility index (Phi) is 2.26. The molecule has 0 saturated heterocycles. The van der Waals surface area contributed by atoms with Crippen molar-refractivity contribution in [3.63, 3.8) is 0 Å². The molecule has 2 nitrogen and oxygen atoms in total. The minimum Gasteiger partial charge on any atom is -0.499 e. The van der Waals surface area contributed by atoms with Gasteiger partial charge in [0.15, 0.2) is 0 Å². The standard InChI is InChI=1S/C8H11NO/c1-7-4-3-5-8(10-2)6-9-7/h3-4,6H,5H2,1-2H3. The number of allylic oxidation sites excluding steroid dienone is 2. The molecule has 0 saturated carbocycles. The molecule has 0 unspecified atom stereocenters. The van der Waals surface area contributed by atoms with Crippen LogP contribution in [0.3, 0.4) is 0 Å². The second-order valence-corrected chi connectivity index (χ2v) is 2.18. The Hall–Kier alpha value is -1.05. The molecule has 1 aliphatic rings. The molecule has 0 atom stereocenters. The van der Waals surface area contributed by atoms with Crippen molar-refractivity contribution in [3.8, 4) is 0 Å². The van der Waals surface area contributed by atoms with Crippen LogP contribution in [0.25, 0.3) is 0 Å². The SMILES string of the molecule is COC1=CN=C(C)C=CC1. The maximum absolute atomic E-state index is 5.02. The summed E-state index contributed by atoms with van der Waals surface area (Å²) in [5.41, 5.74) is 1.02. The predicted molar refractivity (Wildman–Crippen MR) is 42.0 cm³/mol. The van der Waals surface area contributed by atoms with Gasteiger partial charge >= 0.3 is 0 Å². The Bertz CT molecular complexity index is 201. The summed E-state index contributed by atoms with van der Waals surface area (Å²) < 4.78 is 5.02. The average Bonchev–Trinajstić information content (AvgIpc) is 2.14. The summed E-state index contributed by atoms with van der Waals surface area (Å²) in [5, 5.41) is 0. The van der Waals surface area contributed by atoms with E-state index in [0.717, 1.165) is 17.9 Å². The van der Waals surface area contributed by atoms with E-state index in [1.807, 2.05) is 19.1 Å². The number of hydrogen-bond donors (Lipinski definition) is 0. The van der Waals surface area contributed by atoms with Crippen molar-refractivity contribution in [2.75, 3.05) is 7.11 Å². The number of rotatable bonds is 1. The van der Waals surface area contributed by atoms with Crippen molar-refractivity contribution in [1.29, 1.82) is 0 Å². The lowest BCUT2D eigenvalue weighted by Crippen LogP contribution is -1.81. The van der Waals surface area contributed by atoms with Crippen LogP contribution in [0, 0.1) is 0 Å². The molecule has 1 rings (SSSR count). The van der Waals surface area contributed by atoms with E-state index in [9.17, 15) is 0 Å². The average molecular weight is 137 g/mol. The van der Waals surface area contributed by atoms with Gasteiger partial charge in [-0.3, -0.25) is 4.99 Å². The number of nitrogens with zero attached hydrogens (tertiary/aromatic N) is 1. The van der Waals surface area contributed by atoms with E-state index in [2.05, 4.69) is 4.99 Å². The number of ether oxygens (including phenoxy) is 1. The van der Waals surface area contributed by atoms with Crippen LogP contribution in [0.5, 0.6) is 0 Å².